The molecule has 1 amide bonds. The van der Waals surface area contributed by atoms with Crippen LogP contribution in [0.4, 0.5) is 5.82 Å². The molecule has 1 atom stereocenters. The predicted octanol–water partition coefficient (Wildman–Crippen LogP) is 3.86. The molecule has 7 heteroatoms. The number of hydrogen-bond donors (Lipinski definition) is 1. The van der Waals surface area contributed by atoms with Crippen LogP contribution < -0.4 is 10.2 Å². The van der Waals surface area contributed by atoms with Crippen molar-refractivity contribution in [3.05, 3.63) is 41.5 Å². The highest BCUT2D eigenvalue weighted by molar-refractivity contribution is 7.17. The number of amides is 1. The Hall–Kier alpha value is -2.51. The van der Waals surface area contributed by atoms with Crippen molar-refractivity contribution in [2.45, 2.75) is 26.4 Å². The fourth-order valence-electron chi connectivity index (χ4n) is 3.92. The van der Waals surface area contributed by atoms with E-state index in [1.165, 1.54) is 0 Å². The number of carbonyl (C=O) groups excluding carboxylic acids is 1. The highest BCUT2D eigenvalue weighted by atomic mass is 32.1. The van der Waals surface area contributed by atoms with Gasteiger partial charge in [0.05, 0.1) is 11.3 Å². The zero-order valence-corrected chi connectivity index (χ0v) is 17.7. The van der Waals surface area contributed by atoms with E-state index in [1.54, 1.807) is 18.4 Å². The van der Waals surface area contributed by atoms with Crippen LogP contribution in [0.1, 0.15) is 25.6 Å². The number of hydrogen-bond acceptors (Lipinski definition) is 6. The van der Waals surface area contributed by atoms with Crippen molar-refractivity contribution < 1.29 is 9.53 Å². The number of piperidine rings is 1. The number of fused-ring (bicyclic) bond motifs is 1. The maximum Gasteiger partial charge on any atom is 0.224 e. The molecule has 1 saturated heterocycles. The summed E-state index contributed by atoms with van der Waals surface area (Å²) < 4.78 is 5.30. The molecule has 2 aromatic heterocycles. The number of ether oxygens (including phenoxy) is 1. The summed E-state index contributed by atoms with van der Waals surface area (Å²) in [6.45, 7) is 4.55. The second-order valence-electron chi connectivity index (χ2n) is 7.27. The molecule has 0 saturated carbocycles. The molecule has 6 nitrogen and oxygen atoms in total. The third-order valence-electron chi connectivity index (χ3n) is 5.26. The van der Waals surface area contributed by atoms with Crippen LogP contribution in [0.2, 0.25) is 0 Å². The van der Waals surface area contributed by atoms with E-state index in [0.29, 0.717) is 25.5 Å². The van der Waals surface area contributed by atoms with Gasteiger partial charge in [0.15, 0.2) is 5.82 Å². The molecule has 1 aliphatic rings. The topological polar surface area (TPSA) is 67.4 Å². The maximum atomic E-state index is 12.5. The van der Waals surface area contributed by atoms with Crippen molar-refractivity contribution in [2.75, 3.05) is 31.6 Å². The van der Waals surface area contributed by atoms with Gasteiger partial charge in [0, 0.05) is 37.7 Å². The standard InChI is InChI=1S/C22H26N4O2S/c1-3-23-21(27)16-10-7-11-26(12-16)20-19-17(15-8-5-4-6-9-15)14-29-22(19)25-18(24-20)13-28-2/h4-6,8-9,14,16H,3,7,10-13H2,1-2H3,(H,23,27). The summed E-state index contributed by atoms with van der Waals surface area (Å²) in [5.41, 5.74) is 2.30. The van der Waals surface area contributed by atoms with Crippen molar-refractivity contribution in [2.24, 2.45) is 5.92 Å². The number of aromatic nitrogens is 2. The Morgan fingerprint density at radius 1 is 1.31 bits per heavy atom. The fourth-order valence-corrected chi connectivity index (χ4v) is 4.88. The summed E-state index contributed by atoms with van der Waals surface area (Å²) in [6.07, 6.45) is 1.88. The summed E-state index contributed by atoms with van der Waals surface area (Å²) in [5.74, 6) is 1.71. The van der Waals surface area contributed by atoms with Gasteiger partial charge in [-0.3, -0.25) is 4.79 Å². The fraction of sp³-hybridized carbons (Fsp3) is 0.409. The molecule has 1 N–H and O–H groups in total. The number of nitrogens with zero attached hydrogens (tertiary/aromatic N) is 3. The van der Waals surface area contributed by atoms with Gasteiger partial charge in [-0.15, -0.1) is 11.3 Å². The summed E-state index contributed by atoms with van der Waals surface area (Å²) >= 11 is 1.63. The zero-order chi connectivity index (χ0) is 20.2. The van der Waals surface area contributed by atoms with Gasteiger partial charge in [-0.2, -0.15) is 0 Å². The first-order chi connectivity index (χ1) is 14.2. The Kier molecular flexibility index (Phi) is 6.06. The van der Waals surface area contributed by atoms with Gasteiger partial charge in [0.2, 0.25) is 5.91 Å². The van der Waals surface area contributed by atoms with Crippen LogP contribution >= 0.6 is 11.3 Å². The molecule has 1 aromatic carbocycles. The van der Waals surface area contributed by atoms with Crippen LogP contribution in [0, 0.1) is 5.92 Å². The molecular weight excluding hydrogens is 384 g/mol. The van der Waals surface area contributed by atoms with Crippen molar-refractivity contribution in [3.8, 4) is 11.1 Å². The minimum atomic E-state index is -0.0154. The molecule has 0 bridgehead atoms. The highest BCUT2D eigenvalue weighted by Gasteiger charge is 2.28. The van der Waals surface area contributed by atoms with E-state index >= 15 is 0 Å². The zero-order valence-electron chi connectivity index (χ0n) is 16.9. The normalized spacial score (nSPS) is 16.9. The molecule has 1 unspecified atom stereocenters. The first kappa shape index (κ1) is 19.8. The lowest BCUT2D eigenvalue weighted by molar-refractivity contribution is -0.125. The van der Waals surface area contributed by atoms with Crippen molar-refractivity contribution in [1.82, 2.24) is 15.3 Å². The van der Waals surface area contributed by atoms with Crippen molar-refractivity contribution in [3.63, 3.8) is 0 Å². The Bertz CT molecular complexity index is 989. The number of anilines is 1. The molecular formula is C22H26N4O2S. The Morgan fingerprint density at radius 2 is 2.14 bits per heavy atom. The van der Waals surface area contributed by atoms with Gasteiger partial charge in [0.25, 0.3) is 0 Å². The largest absolute Gasteiger partial charge is 0.377 e. The van der Waals surface area contributed by atoms with Crippen LogP contribution in [0.5, 0.6) is 0 Å². The van der Waals surface area contributed by atoms with E-state index in [2.05, 4.69) is 27.7 Å². The maximum absolute atomic E-state index is 12.5. The molecule has 3 aromatic rings. The summed E-state index contributed by atoms with van der Waals surface area (Å²) in [4.78, 5) is 25.3. The third kappa shape index (κ3) is 4.11. The number of rotatable bonds is 6. The SMILES string of the molecule is CCNC(=O)C1CCCN(c2nc(COC)nc3scc(-c4ccccc4)c23)C1. The summed E-state index contributed by atoms with van der Waals surface area (Å²) in [7, 11) is 1.66. The molecule has 0 spiro atoms. The number of benzene rings is 1. The van der Waals surface area contributed by atoms with Crippen LogP contribution in [-0.4, -0.2) is 42.6 Å². The van der Waals surface area contributed by atoms with E-state index in [4.69, 9.17) is 14.7 Å². The third-order valence-corrected chi connectivity index (χ3v) is 6.13. The number of carbonyl (C=O) groups is 1. The first-order valence-electron chi connectivity index (χ1n) is 10.1. The molecule has 1 aliphatic heterocycles. The van der Waals surface area contributed by atoms with Crippen molar-refractivity contribution >= 4 is 33.3 Å². The Balaban J connectivity index is 1.78. The van der Waals surface area contributed by atoms with Gasteiger partial charge in [-0.05, 0) is 25.3 Å². The van der Waals surface area contributed by atoms with Gasteiger partial charge < -0.3 is 15.0 Å². The van der Waals surface area contributed by atoms with Gasteiger partial charge in [0.1, 0.15) is 17.3 Å². The molecule has 4 rings (SSSR count). The van der Waals surface area contributed by atoms with Crippen LogP contribution in [0.15, 0.2) is 35.7 Å². The smallest absolute Gasteiger partial charge is 0.224 e. The number of thiophene rings is 1. The van der Waals surface area contributed by atoms with Gasteiger partial charge >= 0.3 is 0 Å². The lowest BCUT2D eigenvalue weighted by Gasteiger charge is -2.33. The molecule has 29 heavy (non-hydrogen) atoms. The minimum absolute atomic E-state index is 0.0154. The second kappa shape index (κ2) is 8.88. The second-order valence-corrected chi connectivity index (χ2v) is 8.13. The van der Waals surface area contributed by atoms with Crippen LogP contribution in [0.3, 0.4) is 0 Å². The van der Waals surface area contributed by atoms with Gasteiger partial charge in [-0.25, -0.2) is 9.97 Å². The van der Waals surface area contributed by atoms with E-state index in [1.807, 2.05) is 25.1 Å². The Morgan fingerprint density at radius 3 is 2.90 bits per heavy atom. The van der Waals surface area contributed by atoms with Crippen LogP contribution in [-0.2, 0) is 16.1 Å². The quantitative estimate of drug-likeness (QED) is 0.668. The Labute approximate surface area is 174 Å². The molecule has 152 valence electrons. The number of nitrogens with one attached hydrogen (secondary N) is 1. The molecule has 3 heterocycles. The molecule has 1 fully saturated rings. The summed E-state index contributed by atoms with van der Waals surface area (Å²) in [5, 5.41) is 6.19. The lowest BCUT2D eigenvalue weighted by atomic mass is 9.96. The molecule has 0 aliphatic carbocycles. The minimum Gasteiger partial charge on any atom is -0.377 e. The van der Waals surface area contributed by atoms with E-state index in [0.717, 1.165) is 46.5 Å². The summed E-state index contributed by atoms with van der Waals surface area (Å²) in [6, 6.07) is 10.3. The number of methoxy groups -OCH3 is 1. The lowest BCUT2D eigenvalue weighted by Crippen LogP contribution is -2.43. The predicted molar refractivity (Wildman–Crippen MR) is 117 cm³/mol. The van der Waals surface area contributed by atoms with Crippen LogP contribution in [0.25, 0.3) is 21.3 Å². The van der Waals surface area contributed by atoms with E-state index < -0.39 is 0 Å². The van der Waals surface area contributed by atoms with E-state index in [9.17, 15) is 4.79 Å². The molecule has 0 radical (unpaired) electrons. The van der Waals surface area contributed by atoms with E-state index in [-0.39, 0.29) is 11.8 Å². The average Bonchev–Trinajstić information content (AvgIpc) is 3.18. The monoisotopic (exact) mass is 410 g/mol. The first-order valence-corrected chi connectivity index (χ1v) is 10.9. The highest BCUT2D eigenvalue weighted by Crippen LogP contribution is 2.39. The van der Waals surface area contributed by atoms with Crippen molar-refractivity contribution in [1.29, 1.82) is 0 Å². The van der Waals surface area contributed by atoms with Gasteiger partial charge in [-0.1, -0.05) is 30.3 Å². The average molecular weight is 411 g/mol.